The SMILES string of the molecule is Cc1ccc(C(C)C)c(C(=O)N(C=O)N2CCC(=O)NC2=O)c1C. The summed E-state index contributed by atoms with van der Waals surface area (Å²) < 4.78 is 0. The topological polar surface area (TPSA) is 86.8 Å². The van der Waals surface area contributed by atoms with Crippen LogP contribution in [0.2, 0.25) is 0 Å². The molecule has 1 fully saturated rings. The lowest BCUT2D eigenvalue weighted by molar-refractivity contribution is -0.131. The molecule has 24 heavy (non-hydrogen) atoms. The fourth-order valence-corrected chi connectivity index (χ4v) is 2.69. The molecule has 7 nitrogen and oxygen atoms in total. The van der Waals surface area contributed by atoms with Crippen molar-refractivity contribution < 1.29 is 19.2 Å². The van der Waals surface area contributed by atoms with Gasteiger partial charge in [-0.05, 0) is 36.5 Å². The third kappa shape index (κ3) is 3.15. The minimum Gasteiger partial charge on any atom is -0.276 e. The van der Waals surface area contributed by atoms with Gasteiger partial charge >= 0.3 is 6.03 Å². The molecule has 128 valence electrons. The average molecular weight is 331 g/mol. The van der Waals surface area contributed by atoms with Crippen LogP contribution in [-0.4, -0.2) is 40.8 Å². The van der Waals surface area contributed by atoms with Crippen LogP contribution in [0.25, 0.3) is 0 Å². The standard InChI is InChI=1S/C17H21N3O4/c1-10(2)13-6-5-11(3)12(4)15(13)16(23)20(9-21)19-8-7-14(22)18-17(19)24/h5-6,9-10H,7-8H2,1-4H3,(H,18,22,24). The van der Waals surface area contributed by atoms with E-state index in [-0.39, 0.29) is 18.9 Å². The van der Waals surface area contributed by atoms with Gasteiger partial charge in [-0.1, -0.05) is 26.0 Å². The smallest absolute Gasteiger partial charge is 0.276 e. The van der Waals surface area contributed by atoms with Gasteiger partial charge in [0.25, 0.3) is 5.91 Å². The Bertz CT molecular complexity index is 712. The zero-order valence-corrected chi connectivity index (χ0v) is 14.3. The van der Waals surface area contributed by atoms with Gasteiger partial charge in [0.15, 0.2) is 0 Å². The zero-order valence-electron chi connectivity index (χ0n) is 14.3. The number of nitrogens with one attached hydrogen (secondary N) is 1. The molecular formula is C17H21N3O4. The molecule has 0 atom stereocenters. The molecule has 1 aromatic carbocycles. The van der Waals surface area contributed by atoms with E-state index in [0.29, 0.717) is 12.0 Å². The highest BCUT2D eigenvalue weighted by molar-refractivity contribution is 6.05. The van der Waals surface area contributed by atoms with Crippen LogP contribution < -0.4 is 5.32 Å². The second-order valence-electron chi connectivity index (χ2n) is 6.11. The fraction of sp³-hybridized carbons (Fsp3) is 0.412. The molecule has 2 rings (SSSR count). The normalized spacial score (nSPS) is 14.6. The van der Waals surface area contributed by atoms with E-state index in [4.69, 9.17) is 0 Å². The number of hydrogen-bond donors (Lipinski definition) is 1. The summed E-state index contributed by atoms with van der Waals surface area (Å²) in [7, 11) is 0. The first-order valence-electron chi connectivity index (χ1n) is 7.78. The van der Waals surface area contributed by atoms with Crippen molar-refractivity contribution in [2.24, 2.45) is 0 Å². The molecule has 0 aliphatic carbocycles. The second-order valence-corrected chi connectivity index (χ2v) is 6.11. The maximum absolute atomic E-state index is 13.0. The van der Waals surface area contributed by atoms with Crippen LogP contribution in [0, 0.1) is 13.8 Å². The highest BCUT2D eigenvalue weighted by atomic mass is 16.2. The number of amides is 5. The number of rotatable bonds is 4. The number of nitrogens with zero attached hydrogens (tertiary/aromatic N) is 2. The molecule has 0 bridgehead atoms. The van der Waals surface area contributed by atoms with E-state index >= 15 is 0 Å². The van der Waals surface area contributed by atoms with E-state index in [1.54, 1.807) is 0 Å². The van der Waals surface area contributed by atoms with Crippen LogP contribution in [0.15, 0.2) is 12.1 Å². The summed E-state index contributed by atoms with van der Waals surface area (Å²) in [4.78, 5) is 47.7. The van der Waals surface area contributed by atoms with Crippen molar-refractivity contribution in [1.29, 1.82) is 0 Å². The average Bonchev–Trinajstić information content (AvgIpc) is 2.52. The fourth-order valence-electron chi connectivity index (χ4n) is 2.69. The maximum Gasteiger partial charge on any atom is 0.343 e. The number of aryl methyl sites for hydroxylation is 1. The van der Waals surface area contributed by atoms with E-state index in [9.17, 15) is 19.2 Å². The molecule has 1 heterocycles. The number of carbonyl (C=O) groups excluding carboxylic acids is 4. The number of urea groups is 1. The molecule has 1 aliphatic rings. The van der Waals surface area contributed by atoms with Crippen molar-refractivity contribution in [2.75, 3.05) is 6.54 Å². The number of hydrogen-bond acceptors (Lipinski definition) is 4. The highest BCUT2D eigenvalue weighted by Crippen LogP contribution is 2.26. The quantitative estimate of drug-likeness (QED) is 0.854. The Morgan fingerprint density at radius 2 is 1.96 bits per heavy atom. The van der Waals surface area contributed by atoms with Crippen LogP contribution >= 0.6 is 0 Å². The van der Waals surface area contributed by atoms with Crippen LogP contribution in [-0.2, 0) is 9.59 Å². The largest absolute Gasteiger partial charge is 0.343 e. The number of hydrazine groups is 1. The summed E-state index contributed by atoms with van der Waals surface area (Å²) >= 11 is 0. The van der Waals surface area contributed by atoms with Crippen molar-refractivity contribution in [3.05, 3.63) is 34.4 Å². The van der Waals surface area contributed by atoms with Crippen LogP contribution in [0.1, 0.15) is 53.2 Å². The Balaban J connectivity index is 2.46. The van der Waals surface area contributed by atoms with E-state index in [0.717, 1.165) is 26.7 Å². The minimum absolute atomic E-state index is 0.0168. The lowest BCUT2D eigenvalue weighted by Crippen LogP contribution is -2.58. The van der Waals surface area contributed by atoms with Crippen molar-refractivity contribution in [1.82, 2.24) is 15.3 Å². The van der Waals surface area contributed by atoms with Crippen LogP contribution in [0.3, 0.4) is 0 Å². The van der Waals surface area contributed by atoms with Gasteiger partial charge in [0.2, 0.25) is 12.3 Å². The molecule has 1 saturated heterocycles. The molecule has 0 aromatic heterocycles. The van der Waals surface area contributed by atoms with Crippen LogP contribution in [0.4, 0.5) is 4.79 Å². The Morgan fingerprint density at radius 1 is 1.29 bits per heavy atom. The third-order valence-corrected chi connectivity index (χ3v) is 4.20. The summed E-state index contributed by atoms with van der Waals surface area (Å²) in [6.45, 7) is 7.60. The van der Waals surface area contributed by atoms with Gasteiger partial charge in [-0.15, -0.1) is 0 Å². The molecule has 1 aromatic rings. The number of carbonyl (C=O) groups is 4. The lowest BCUT2D eigenvalue weighted by atomic mass is 9.90. The van der Waals surface area contributed by atoms with Gasteiger partial charge in [0.1, 0.15) is 0 Å². The Hall–Kier alpha value is -2.70. The Morgan fingerprint density at radius 3 is 2.50 bits per heavy atom. The van der Waals surface area contributed by atoms with E-state index in [2.05, 4.69) is 5.32 Å². The van der Waals surface area contributed by atoms with Crippen LogP contribution in [0.5, 0.6) is 0 Å². The van der Waals surface area contributed by atoms with Crippen molar-refractivity contribution in [3.8, 4) is 0 Å². The number of benzene rings is 1. The first-order valence-corrected chi connectivity index (χ1v) is 7.78. The van der Waals surface area contributed by atoms with Gasteiger partial charge in [-0.2, -0.15) is 5.01 Å². The molecular weight excluding hydrogens is 310 g/mol. The monoisotopic (exact) mass is 331 g/mol. The molecule has 1 aliphatic heterocycles. The summed E-state index contributed by atoms with van der Waals surface area (Å²) in [5, 5.41) is 3.82. The second kappa shape index (κ2) is 6.82. The highest BCUT2D eigenvalue weighted by Gasteiger charge is 2.33. The van der Waals surface area contributed by atoms with Crippen molar-refractivity contribution in [3.63, 3.8) is 0 Å². The zero-order chi connectivity index (χ0) is 18.0. The summed E-state index contributed by atoms with van der Waals surface area (Å²) in [6, 6.07) is 3.02. The minimum atomic E-state index is -0.775. The van der Waals surface area contributed by atoms with E-state index in [1.165, 1.54) is 0 Å². The van der Waals surface area contributed by atoms with Gasteiger partial charge in [0, 0.05) is 12.0 Å². The molecule has 1 N–H and O–H groups in total. The molecule has 7 heteroatoms. The molecule has 0 radical (unpaired) electrons. The predicted octanol–water partition coefficient (Wildman–Crippen LogP) is 1.88. The Kier molecular flexibility index (Phi) is 5.02. The number of imide groups is 2. The van der Waals surface area contributed by atoms with E-state index < -0.39 is 17.8 Å². The Labute approximate surface area is 140 Å². The predicted molar refractivity (Wildman–Crippen MR) is 87.1 cm³/mol. The summed E-state index contributed by atoms with van der Waals surface area (Å²) in [5.41, 5.74) is 2.92. The third-order valence-electron chi connectivity index (χ3n) is 4.20. The molecule has 0 unspecified atom stereocenters. The first kappa shape index (κ1) is 17.7. The molecule has 0 saturated carbocycles. The molecule has 0 spiro atoms. The lowest BCUT2D eigenvalue weighted by Gasteiger charge is -2.33. The summed E-state index contributed by atoms with van der Waals surface area (Å²) in [5.74, 6) is -0.919. The first-order chi connectivity index (χ1) is 11.3. The van der Waals surface area contributed by atoms with Gasteiger partial charge < -0.3 is 0 Å². The van der Waals surface area contributed by atoms with Gasteiger partial charge in [-0.25, -0.2) is 9.80 Å². The van der Waals surface area contributed by atoms with E-state index in [1.807, 2.05) is 39.8 Å². The maximum atomic E-state index is 13.0. The van der Waals surface area contributed by atoms with Gasteiger partial charge in [0.05, 0.1) is 6.54 Å². The molecule has 5 amide bonds. The van der Waals surface area contributed by atoms with Crippen molar-refractivity contribution >= 4 is 24.3 Å². The van der Waals surface area contributed by atoms with Gasteiger partial charge in [-0.3, -0.25) is 19.7 Å². The summed E-state index contributed by atoms with van der Waals surface area (Å²) in [6.07, 6.45) is 0.344. The van der Waals surface area contributed by atoms with Crippen molar-refractivity contribution in [2.45, 2.75) is 40.0 Å².